The average molecular weight is 208 g/mol. The van der Waals surface area contributed by atoms with Gasteiger partial charge in [0.15, 0.2) is 0 Å². The number of aliphatic hydroxyl groups is 1. The summed E-state index contributed by atoms with van der Waals surface area (Å²) in [6, 6.07) is 8.14. The predicted molar refractivity (Wildman–Crippen MR) is 61.9 cm³/mol. The molecule has 0 aliphatic heterocycles. The van der Waals surface area contributed by atoms with Crippen LogP contribution in [0.3, 0.4) is 0 Å². The Labute approximate surface area is 91.9 Å². The fourth-order valence-corrected chi connectivity index (χ4v) is 1.57. The van der Waals surface area contributed by atoms with E-state index in [2.05, 4.69) is 19.1 Å². The van der Waals surface area contributed by atoms with Gasteiger partial charge in [-0.3, -0.25) is 0 Å². The van der Waals surface area contributed by atoms with Gasteiger partial charge in [-0.1, -0.05) is 37.6 Å². The summed E-state index contributed by atoms with van der Waals surface area (Å²) >= 11 is 0. The van der Waals surface area contributed by atoms with E-state index in [4.69, 9.17) is 4.74 Å². The fraction of sp³-hybridized carbons (Fsp3) is 0.538. The van der Waals surface area contributed by atoms with Crippen LogP contribution < -0.4 is 0 Å². The van der Waals surface area contributed by atoms with E-state index < -0.39 is 0 Å². The van der Waals surface area contributed by atoms with Crippen LogP contribution in [0.15, 0.2) is 24.3 Å². The Balaban J connectivity index is 2.55. The lowest BCUT2D eigenvalue weighted by atomic mass is 10.0. The molecule has 1 aromatic carbocycles. The summed E-state index contributed by atoms with van der Waals surface area (Å²) < 4.78 is 5.01. The number of benzene rings is 1. The number of aliphatic hydroxyl groups excluding tert-OH is 1. The zero-order chi connectivity index (χ0) is 11.1. The molecule has 1 rings (SSSR count). The van der Waals surface area contributed by atoms with E-state index in [-0.39, 0.29) is 6.10 Å². The molecule has 0 aliphatic carbocycles. The molecule has 0 amide bonds. The van der Waals surface area contributed by atoms with Gasteiger partial charge in [0.05, 0.1) is 12.7 Å². The SMILES string of the molecule is CCCC(O)c1ccc(CCOC)cc1. The van der Waals surface area contributed by atoms with Crippen LogP contribution in [0, 0.1) is 0 Å². The highest BCUT2D eigenvalue weighted by Crippen LogP contribution is 2.18. The maximum Gasteiger partial charge on any atom is 0.0790 e. The van der Waals surface area contributed by atoms with Crippen LogP contribution in [0.25, 0.3) is 0 Å². The molecule has 1 N–H and O–H groups in total. The van der Waals surface area contributed by atoms with Gasteiger partial charge >= 0.3 is 0 Å². The third-order valence-corrected chi connectivity index (χ3v) is 2.52. The molecule has 0 radical (unpaired) electrons. The lowest BCUT2D eigenvalue weighted by Crippen LogP contribution is -1.98. The summed E-state index contributed by atoms with van der Waals surface area (Å²) in [6.45, 7) is 2.83. The molecule has 2 heteroatoms. The molecule has 0 heterocycles. The van der Waals surface area contributed by atoms with Gasteiger partial charge in [0.2, 0.25) is 0 Å². The van der Waals surface area contributed by atoms with Crippen LogP contribution in [0.1, 0.15) is 37.0 Å². The Bertz CT molecular complexity index is 266. The first-order chi connectivity index (χ1) is 7.27. The summed E-state index contributed by atoms with van der Waals surface area (Å²) in [6.07, 6.45) is 2.46. The standard InChI is InChI=1S/C13H20O2/c1-3-4-13(14)12-7-5-11(6-8-12)9-10-15-2/h5-8,13-14H,3-4,9-10H2,1-2H3. The van der Waals surface area contributed by atoms with Crippen molar-refractivity contribution in [3.05, 3.63) is 35.4 Å². The minimum absolute atomic E-state index is 0.313. The lowest BCUT2D eigenvalue weighted by Gasteiger charge is -2.10. The molecule has 0 saturated heterocycles. The minimum atomic E-state index is -0.313. The second kappa shape index (κ2) is 6.59. The van der Waals surface area contributed by atoms with E-state index in [9.17, 15) is 5.11 Å². The molecular weight excluding hydrogens is 188 g/mol. The molecule has 0 saturated carbocycles. The van der Waals surface area contributed by atoms with Gasteiger partial charge in [-0.2, -0.15) is 0 Å². The van der Waals surface area contributed by atoms with Gasteiger partial charge in [0.25, 0.3) is 0 Å². The van der Waals surface area contributed by atoms with Gasteiger partial charge in [0, 0.05) is 7.11 Å². The number of hydrogen-bond acceptors (Lipinski definition) is 2. The van der Waals surface area contributed by atoms with Crippen molar-refractivity contribution in [1.82, 2.24) is 0 Å². The lowest BCUT2D eigenvalue weighted by molar-refractivity contribution is 0.166. The van der Waals surface area contributed by atoms with Gasteiger partial charge in [-0.05, 0) is 24.0 Å². The molecule has 0 aliphatic rings. The summed E-state index contributed by atoms with van der Waals surface area (Å²) in [7, 11) is 1.71. The Morgan fingerprint density at radius 3 is 2.47 bits per heavy atom. The Morgan fingerprint density at radius 2 is 1.93 bits per heavy atom. The zero-order valence-corrected chi connectivity index (χ0v) is 9.57. The second-order valence-corrected chi connectivity index (χ2v) is 3.79. The zero-order valence-electron chi connectivity index (χ0n) is 9.57. The molecular formula is C13H20O2. The van der Waals surface area contributed by atoms with Crippen molar-refractivity contribution in [2.24, 2.45) is 0 Å². The number of ether oxygens (including phenoxy) is 1. The second-order valence-electron chi connectivity index (χ2n) is 3.79. The van der Waals surface area contributed by atoms with Crippen LogP contribution in [0.5, 0.6) is 0 Å². The summed E-state index contributed by atoms with van der Waals surface area (Å²) in [5, 5.41) is 9.76. The molecule has 1 atom stereocenters. The van der Waals surface area contributed by atoms with E-state index in [0.29, 0.717) is 0 Å². The molecule has 2 nitrogen and oxygen atoms in total. The van der Waals surface area contributed by atoms with Crippen molar-refractivity contribution in [2.45, 2.75) is 32.3 Å². The smallest absolute Gasteiger partial charge is 0.0790 e. The third kappa shape index (κ3) is 4.02. The molecule has 15 heavy (non-hydrogen) atoms. The molecule has 0 fully saturated rings. The van der Waals surface area contributed by atoms with Crippen LogP contribution in [0.4, 0.5) is 0 Å². The van der Waals surface area contributed by atoms with Crippen molar-refractivity contribution in [2.75, 3.05) is 13.7 Å². The first kappa shape index (κ1) is 12.2. The first-order valence-corrected chi connectivity index (χ1v) is 5.53. The third-order valence-electron chi connectivity index (χ3n) is 2.52. The largest absolute Gasteiger partial charge is 0.388 e. The summed E-state index contributed by atoms with van der Waals surface area (Å²) in [5.41, 5.74) is 2.27. The molecule has 0 aromatic heterocycles. The van der Waals surface area contributed by atoms with Crippen molar-refractivity contribution in [3.8, 4) is 0 Å². The van der Waals surface area contributed by atoms with Crippen LogP contribution in [-0.2, 0) is 11.2 Å². The summed E-state index contributed by atoms with van der Waals surface area (Å²) in [4.78, 5) is 0. The molecule has 1 unspecified atom stereocenters. The van der Waals surface area contributed by atoms with Crippen molar-refractivity contribution >= 4 is 0 Å². The topological polar surface area (TPSA) is 29.5 Å². The van der Waals surface area contributed by atoms with Gasteiger partial charge in [0.1, 0.15) is 0 Å². The first-order valence-electron chi connectivity index (χ1n) is 5.53. The monoisotopic (exact) mass is 208 g/mol. The molecule has 1 aromatic rings. The Hall–Kier alpha value is -0.860. The Kier molecular flexibility index (Phi) is 5.37. The molecule has 0 spiro atoms. The number of methoxy groups -OCH3 is 1. The number of rotatable bonds is 6. The molecule has 84 valence electrons. The highest BCUT2D eigenvalue weighted by Gasteiger charge is 2.05. The van der Waals surface area contributed by atoms with E-state index >= 15 is 0 Å². The van der Waals surface area contributed by atoms with Gasteiger partial charge in [-0.15, -0.1) is 0 Å². The van der Waals surface area contributed by atoms with Crippen LogP contribution in [-0.4, -0.2) is 18.8 Å². The normalized spacial score (nSPS) is 12.7. The van der Waals surface area contributed by atoms with Crippen LogP contribution >= 0.6 is 0 Å². The molecule has 0 bridgehead atoms. The maximum absolute atomic E-state index is 9.76. The van der Waals surface area contributed by atoms with Gasteiger partial charge in [-0.25, -0.2) is 0 Å². The van der Waals surface area contributed by atoms with E-state index in [1.54, 1.807) is 7.11 Å². The van der Waals surface area contributed by atoms with Crippen molar-refractivity contribution < 1.29 is 9.84 Å². The van der Waals surface area contributed by atoms with Crippen LogP contribution in [0.2, 0.25) is 0 Å². The highest BCUT2D eigenvalue weighted by molar-refractivity contribution is 5.24. The predicted octanol–water partition coefficient (Wildman–Crippen LogP) is 2.71. The highest BCUT2D eigenvalue weighted by atomic mass is 16.5. The van der Waals surface area contributed by atoms with E-state index in [1.807, 2.05) is 12.1 Å². The fourth-order valence-electron chi connectivity index (χ4n) is 1.57. The Morgan fingerprint density at radius 1 is 1.27 bits per heavy atom. The van der Waals surface area contributed by atoms with E-state index in [1.165, 1.54) is 5.56 Å². The summed E-state index contributed by atoms with van der Waals surface area (Å²) in [5.74, 6) is 0. The van der Waals surface area contributed by atoms with E-state index in [0.717, 1.165) is 31.4 Å². The van der Waals surface area contributed by atoms with Gasteiger partial charge < -0.3 is 9.84 Å². The number of hydrogen-bond donors (Lipinski definition) is 1. The van der Waals surface area contributed by atoms with Crippen molar-refractivity contribution in [1.29, 1.82) is 0 Å². The quantitative estimate of drug-likeness (QED) is 0.779. The average Bonchev–Trinajstić information content (AvgIpc) is 2.27. The minimum Gasteiger partial charge on any atom is -0.388 e. The maximum atomic E-state index is 9.76. The van der Waals surface area contributed by atoms with Crippen molar-refractivity contribution in [3.63, 3.8) is 0 Å².